The van der Waals surface area contributed by atoms with Crippen LogP contribution in [0.4, 0.5) is 22.0 Å². The van der Waals surface area contributed by atoms with Crippen molar-refractivity contribution in [3.8, 4) is 17.1 Å². The van der Waals surface area contributed by atoms with Gasteiger partial charge in [0.25, 0.3) is 5.91 Å². The molecule has 0 atom stereocenters. The predicted octanol–water partition coefficient (Wildman–Crippen LogP) is 2.18. The van der Waals surface area contributed by atoms with Crippen LogP contribution in [0.25, 0.3) is 11.4 Å². The zero-order valence-electron chi connectivity index (χ0n) is 22.6. The lowest BCUT2D eigenvalue weighted by atomic mass is 10.1. The number of methoxy groups -OCH3 is 1. The van der Waals surface area contributed by atoms with E-state index in [0.717, 1.165) is 12.8 Å². The molecule has 1 aromatic carbocycles. The molecule has 0 spiro atoms. The number of hydrogen-bond acceptors (Lipinski definition) is 8. The maximum atomic E-state index is 13.1. The van der Waals surface area contributed by atoms with Crippen LogP contribution in [0.3, 0.4) is 0 Å². The van der Waals surface area contributed by atoms with E-state index in [0.29, 0.717) is 35.9 Å². The standard InChI is InChI=1S/C23H27N9O3/c1-23(8-9-23)32-11-10-31(22(32)34)17-12-16(18(28-27-17)21(33)24-2)26-15-7-5-6-14(19(15)35-4)20-25-13-30(3)29-20/h5-7,12-13H,8-11H2,1-4H3,(H,24,33)(H,26,27)/i2D3. The fraction of sp³-hybridized carbons (Fsp3) is 0.391. The number of anilines is 3. The molecule has 3 heterocycles. The van der Waals surface area contributed by atoms with Gasteiger partial charge in [-0.1, -0.05) is 6.07 Å². The van der Waals surface area contributed by atoms with E-state index in [1.165, 1.54) is 18.1 Å². The summed E-state index contributed by atoms with van der Waals surface area (Å²) in [5, 5.41) is 17.5. The maximum absolute atomic E-state index is 13.1. The second-order valence-electron chi connectivity index (χ2n) is 8.75. The van der Waals surface area contributed by atoms with Crippen LogP contribution >= 0.6 is 0 Å². The summed E-state index contributed by atoms with van der Waals surface area (Å²) in [4.78, 5) is 33.6. The molecule has 182 valence electrons. The van der Waals surface area contributed by atoms with Crippen LogP contribution in [0, 0.1) is 0 Å². The molecule has 0 bridgehead atoms. The molecule has 12 nitrogen and oxygen atoms in total. The monoisotopic (exact) mass is 480 g/mol. The Bertz CT molecular complexity index is 1400. The smallest absolute Gasteiger partial charge is 0.326 e. The lowest BCUT2D eigenvalue weighted by molar-refractivity contribution is 0.0958. The van der Waals surface area contributed by atoms with Crippen molar-refractivity contribution >= 4 is 29.1 Å². The summed E-state index contributed by atoms with van der Waals surface area (Å²) in [6, 6.07) is 6.57. The highest BCUT2D eigenvalue weighted by Gasteiger charge is 2.49. The van der Waals surface area contributed by atoms with Crippen LogP contribution in [0.15, 0.2) is 30.6 Å². The average Bonchev–Trinajstić information content (AvgIpc) is 3.25. The van der Waals surface area contributed by atoms with Crippen molar-refractivity contribution in [3.63, 3.8) is 0 Å². The van der Waals surface area contributed by atoms with Gasteiger partial charge in [0.1, 0.15) is 6.33 Å². The van der Waals surface area contributed by atoms with Crippen LogP contribution < -0.4 is 20.3 Å². The van der Waals surface area contributed by atoms with Crippen molar-refractivity contribution in [2.24, 2.45) is 7.05 Å². The summed E-state index contributed by atoms with van der Waals surface area (Å²) >= 11 is 0. The molecule has 2 aromatic heterocycles. The number of carbonyl (C=O) groups is 2. The average molecular weight is 481 g/mol. The Morgan fingerprint density at radius 1 is 1.23 bits per heavy atom. The summed E-state index contributed by atoms with van der Waals surface area (Å²) < 4.78 is 29.5. The number of carbonyl (C=O) groups excluding carboxylic acids is 2. The molecule has 12 heteroatoms. The van der Waals surface area contributed by atoms with E-state index < -0.39 is 12.9 Å². The Balaban J connectivity index is 1.53. The predicted molar refractivity (Wildman–Crippen MR) is 129 cm³/mol. The SMILES string of the molecule is [2H]C([2H])([2H])NC(=O)c1nnc(N2CCN(C3(C)CC3)C2=O)cc1Nc1cccc(-c2ncn(C)n2)c1OC. The van der Waals surface area contributed by atoms with E-state index >= 15 is 0 Å². The highest BCUT2D eigenvalue weighted by molar-refractivity contribution is 6.00. The third-order valence-corrected chi connectivity index (χ3v) is 6.35. The number of rotatable bonds is 7. The molecule has 0 radical (unpaired) electrons. The summed E-state index contributed by atoms with van der Waals surface area (Å²) in [5.74, 6) is 0.103. The summed E-state index contributed by atoms with van der Waals surface area (Å²) in [6.45, 7) is 0.272. The molecule has 3 amide bonds. The Hall–Kier alpha value is -4.22. The van der Waals surface area contributed by atoms with Gasteiger partial charge in [0.05, 0.1) is 24.0 Å². The summed E-state index contributed by atoms with van der Waals surface area (Å²) in [7, 11) is 3.23. The largest absolute Gasteiger partial charge is 0.494 e. The number of para-hydroxylation sites is 1. The fourth-order valence-corrected chi connectivity index (χ4v) is 4.18. The summed E-state index contributed by atoms with van der Waals surface area (Å²) in [6.07, 6.45) is 3.45. The van der Waals surface area contributed by atoms with Crippen molar-refractivity contribution in [1.29, 1.82) is 0 Å². The van der Waals surface area contributed by atoms with E-state index in [1.54, 1.807) is 36.3 Å². The number of aryl methyl sites for hydroxylation is 1. The molecular formula is C23H27N9O3. The van der Waals surface area contributed by atoms with Gasteiger partial charge >= 0.3 is 6.03 Å². The van der Waals surface area contributed by atoms with Gasteiger partial charge < -0.3 is 20.3 Å². The van der Waals surface area contributed by atoms with Crippen molar-refractivity contribution in [1.82, 2.24) is 35.2 Å². The molecule has 0 unspecified atom stereocenters. The van der Waals surface area contributed by atoms with Crippen LogP contribution in [0.5, 0.6) is 5.75 Å². The number of aromatic nitrogens is 5. The van der Waals surface area contributed by atoms with Crippen LogP contribution in [0.1, 0.15) is 34.4 Å². The number of ether oxygens (including phenoxy) is 1. The van der Waals surface area contributed by atoms with Gasteiger partial charge in [-0.05, 0) is 31.9 Å². The lowest BCUT2D eigenvalue weighted by Crippen LogP contribution is -2.39. The number of benzene rings is 1. The minimum Gasteiger partial charge on any atom is -0.494 e. The van der Waals surface area contributed by atoms with Gasteiger partial charge in [-0.3, -0.25) is 14.4 Å². The minimum absolute atomic E-state index is 0.144. The Morgan fingerprint density at radius 3 is 2.74 bits per heavy atom. The Morgan fingerprint density at radius 2 is 2.06 bits per heavy atom. The molecule has 1 saturated heterocycles. The highest BCUT2D eigenvalue weighted by Crippen LogP contribution is 2.43. The number of nitrogens with one attached hydrogen (secondary N) is 2. The molecule has 3 aromatic rings. The topological polar surface area (TPSA) is 130 Å². The molecule has 1 saturated carbocycles. The molecule has 2 fully saturated rings. The van der Waals surface area contributed by atoms with E-state index in [9.17, 15) is 9.59 Å². The van der Waals surface area contributed by atoms with Gasteiger partial charge in [-0.2, -0.15) is 5.10 Å². The molecule has 2 N–H and O–H groups in total. The quantitative estimate of drug-likeness (QED) is 0.526. The van der Waals surface area contributed by atoms with Gasteiger partial charge in [0, 0.05) is 42.8 Å². The van der Waals surface area contributed by atoms with Crippen LogP contribution in [0.2, 0.25) is 0 Å². The van der Waals surface area contributed by atoms with Crippen molar-refractivity contribution < 1.29 is 18.4 Å². The highest BCUT2D eigenvalue weighted by atomic mass is 16.5. The van der Waals surface area contributed by atoms with Gasteiger partial charge in [-0.15, -0.1) is 10.2 Å². The second kappa shape index (κ2) is 8.53. The first-order valence-electron chi connectivity index (χ1n) is 12.6. The molecule has 1 aliphatic carbocycles. The molecular weight excluding hydrogens is 450 g/mol. The molecule has 1 aliphatic heterocycles. The molecule has 5 rings (SSSR count). The number of amides is 3. The summed E-state index contributed by atoms with van der Waals surface area (Å²) in [5.41, 5.74) is 0.778. The van der Waals surface area contributed by atoms with E-state index in [1.807, 2.05) is 17.1 Å². The van der Waals surface area contributed by atoms with E-state index in [4.69, 9.17) is 8.85 Å². The normalized spacial score (nSPS) is 18.0. The molecule has 2 aliphatic rings. The molecule has 35 heavy (non-hydrogen) atoms. The lowest BCUT2D eigenvalue weighted by Gasteiger charge is -2.24. The van der Waals surface area contributed by atoms with Gasteiger partial charge in [-0.25, -0.2) is 9.78 Å². The van der Waals surface area contributed by atoms with Gasteiger partial charge in [0.2, 0.25) is 0 Å². The minimum atomic E-state index is -2.73. The van der Waals surface area contributed by atoms with Crippen LogP contribution in [-0.4, -0.2) is 74.5 Å². The van der Waals surface area contributed by atoms with Crippen molar-refractivity contribution in [2.45, 2.75) is 25.3 Å². The third-order valence-electron chi connectivity index (χ3n) is 6.35. The number of nitrogens with zero attached hydrogens (tertiary/aromatic N) is 7. The first-order valence-corrected chi connectivity index (χ1v) is 11.1. The second-order valence-corrected chi connectivity index (χ2v) is 8.75. The Kier molecular flexibility index (Phi) is 4.66. The van der Waals surface area contributed by atoms with Crippen LogP contribution in [-0.2, 0) is 7.05 Å². The van der Waals surface area contributed by atoms with E-state index in [-0.39, 0.29) is 28.8 Å². The fourth-order valence-electron chi connectivity index (χ4n) is 4.18. The Labute approximate surface area is 206 Å². The van der Waals surface area contributed by atoms with Gasteiger partial charge in [0.15, 0.2) is 23.1 Å². The number of hydrogen-bond donors (Lipinski definition) is 2. The number of urea groups is 1. The van der Waals surface area contributed by atoms with Crippen molar-refractivity contribution in [2.75, 3.05) is 37.4 Å². The maximum Gasteiger partial charge on any atom is 0.326 e. The van der Waals surface area contributed by atoms with E-state index in [2.05, 4.69) is 25.6 Å². The third kappa shape index (κ3) is 4.00. The van der Waals surface area contributed by atoms with Crippen molar-refractivity contribution in [3.05, 3.63) is 36.3 Å². The first-order chi connectivity index (χ1) is 18.0. The zero-order valence-corrected chi connectivity index (χ0v) is 19.6. The first kappa shape index (κ1) is 19.1. The zero-order chi connectivity index (χ0) is 27.2.